The fraction of sp³-hybridized carbons (Fsp3) is 0.150. The number of methoxy groups -OCH3 is 1. The van der Waals surface area contributed by atoms with Crippen LogP contribution in [0.2, 0.25) is 0 Å². The molecular weight excluding hydrogens is 386 g/mol. The molecule has 0 N–H and O–H groups in total. The first-order valence-corrected chi connectivity index (χ1v) is 9.82. The highest BCUT2D eigenvalue weighted by Crippen LogP contribution is 2.29. The van der Waals surface area contributed by atoms with Gasteiger partial charge in [0.05, 0.1) is 18.5 Å². The molecule has 9 heteroatoms. The van der Waals surface area contributed by atoms with Gasteiger partial charge in [0.15, 0.2) is 5.69 Å². The van der Waals surface area contributed by atoms with Gasteiger partial charge in [-0.25, -0.2) is 4.68 Å². The number of nitrogens with zero attached hydrogens (tertiary/aromatic N) is 7. The van der Waals surface area contributed by atoms with Crippen LogP contribution in [0.5, 0.6) is 5.75 Å². The van der Waals surface area contributed by atoms with E-state index in [1.54, 1.807) is 16.3 Å². The first-order chi connectivity index (χ1) is 14.1. The van der Waals surface area contributed by atoms with E-state index < -0.39 is 0 Å². The molecule has 0 aliphatic heterocycles. The fourth-order valence-corrected chi connectivity index (χ4v) is 3.93. The number of benzene rings is 2. The molecule has 3 aromatic heterocycles. The smallest absolute Gasteiger partial charge is 0.235 e. The number of hydrogen-bond donors (Lipinski definition) is 0. The van der Waals surface area contributed by atoms with Gasteiger partial charge in [-0.3, -0.25) is 0 Å². The van der Waals surface area contributed by atoms with Crippen LogP contribution in [0.4, 0.5) is 0 Å². The average molecular weight is 403 g/mol. The van der Waals surface area contributed by atoms with Gasteiger partial charge in [0, 0.05) is 5.56 Å². The van der Waals surface area contributed by atoms with E-state index in [1.165, 1.54) is 16.9 Å². The summed E-state index contributed by atoms with van der Waals surface area (Å²) in [5.74, 6) is 1.38. The Balaban J connectivity index is 1.55. The molecule has 0 atom stereocenters. The Bertz CT molecular complexity index is 1300. The van der Waals surface area contributed by atoms with Gasteiger partial charge in [0.1, 0.15) is 10.8 Å². The lowest BCUT2D eigenvalue weighted by molar-refractivity contribution is 0.415. The van der Waals surface area contributed by atoms with Crippen LogP contribution in [0.25, 0.3) is 32.7 Å². The Hall–Kier alpha value is -3.59. The fourth-order valence-electron chi connectivity index (χ4n) is 3.08. The molecule has 144 valence electrons. The molecule has 29 heavy (non-hydrogen) atoms. The standard InChI is InChI=1S/C20H17N7OS/c1-12-4-8-15(9-5-12)26-13(2)17(21-25-26)18-22-23-20-27(18)24-19(29-20)14-6-10-16(28-3)11-7-14/h4-11H,1-3H3. The van der Waals surface area contributed by atoms with Gasteiger partial charge >= 0.3 is 0 Å². The summed E-state index contributed by atoms with van der Waals surface area (Å²) in [6.07, 6.45) is 0. The van der Waals surface area contributed by atoms with Crippen LogP contribution in [0.15, 0.2) is 48.5 Å². The number of hydrogen-bond acceptors (Lipinski definition) is 7. The van der Waals surface area contributed by atoms with E-state index in [9.17, 15) is 0 Å². The molecular formula is C20H17N7OS. The molecule has 0 bridgehead atoms. The third-order valence-electron chi connectivity index (χ3n) is 4.71. The molecule has 5 rings (SSSR count). The Morgan fingerprint density at radius 2 is 1.66 bits per heavy atom. The lowest BCUT2D eigenvalue weighted by Gasteiger charge is -2.03. The molecule has 0 radical (unpaired) electrons. The monoisotopic (exact) mass is 403 g/mol. The molecule has 0 aliphatic carbocycles. The maximum atomic E-state index is 5.22. The topological polar surface area (TPSA) is 83.0 Å². The van der Waals surface area contributed by atoms with Crippen LogP contribution in [0, 0.1) is 13.8 Å². The summed E-state index contributed by atoms with van der Waals surface area (Å²) in [6, 6.07) is 15.9. The van der Waals surface area contributed by atoms with E-state index in [2.05, 4.69) is 27.4 Å². The molecule has 0 fully saturated rings. The second kappa shape index (κ2) is 6.78. The number of rotatable bonds is 4. The Kier molecular flexibility index (Phi) is 4.09. The lowest BCUT2D eigenvalue weighted by atomic mass is 10.2. The third-order valence-corrected chi connectivity index (χ3v) is 5.66. The highest BCUT2D eigenvalue weighted by Gasteiger charge is 2.20. The molecule has 5 aromatic rings. The SMILES string of the molecule is COc1ccc(-c2nn3c(-c4nnn(-c5ccc(C)cc5)c4C)nnc3s2)cc1. The summed E-state index contributed by atoms with van der Waals surface area (Å²) in [5, 5.41) is 22.8. The summed E-state index contributed by atoms with van der Waals surface area (Å²) in [5.41, 5.74) is 4.67. The summed E-state index contributed by atoms with van der Waals surface area (Å²) < 4.78 is 8.74. The number of ether oxygens (including phenoxy) is 1. The molecule has 0 amide bonds. The Morgan fingerprint density at radius 3 is 2.38 bits per heavy atom. The third kappa shape index (κ3) is 2.95. The van der Waals surface area contributed by atoms with Crippen LogP contribution in [-0.4, -0.2) is 41.9 Å². The second-order valence-electron chi connectivity index (χ2n) is 6.62. The summed E-state index contributed by atoms with van der Waals surface area (Å²) in [6.45, 7) is 4.02. The van der Waals surface area contributed by atoms with Crippen molar-refractivity contribution in [3.63, 3.8) is 0 Å². The lowest BCUT2D eigenvalue weighted by Crippen LogP contribution is -1.99. The second-order valence-corrected chi connectivity index (χ2v) is 7.58. The van der Waals surface area contributed by atoms with Gasteiger partial charge in [0.2, 0.25) is 10.8 Å². The molecule has 0 saturated carbocycles. The van der Waals surface area contributed by atoms with E-state index in [-0.39, 0.29) is 0 Å². The largest absolute Gasteiger partial charge is 0.497 e. The van der Waals surface area contributed by atoms with E-state index in [0.29, 0.717) is 16.5 Å². The van der Waals surface area contributed by atoms with Gasteiger partial charge in [-0.2, -0.15) is 9.61 Å². The van der Waals surface area contributed by atoms with Crippen molar-refractivity contribution in [3.8, 4) is 33.5 Å². The minimum Gasteiger partial charge on any atom is -0.497 e. The zero-order valence-corrected chi connectivity index (χ0v) is 16.9. The first-order valence-electron chi connectivity index (χ1n) is 9.00. The van der Waals surface area contributed by atoms with E-state index in [4.69, 9.17) is 9.84 Å². The molecule has 0 spiro atoms. The zero-order chi connectivity index (χ0) is 20.0. The average Bonchev–Trinajstić information content (AvgIpc) is 3.43. The predicted molar refractivity (Wildman–Crippen MR) is 110 cm³/mol. The highest BCUT2D eigenvalue weighted by atomic mass is 32.1. The maximum Gasteiger partial charge on any atom is 0.235 e. The van der Waals surface area contributed by atoms with Crippen molar-refractivity contribution in [1.82, 2.24) is 34.8 Å². The minimum absolute atomic E-state index is 0.576. The molecule has 0 saturated heterocycles. The molecule has 0 aliphatic rings. The zero-order valence-electron chi connectivity index (χ0n) is 16.1. The van der Waals surface area contributed by atoms with Crippen molar-refractivity contribution in [2.75, 3.05) is 7.11 Å². The van der Waals surface area contributed by atoms with Crippen LogP contribution in [0.1, 0.15) is 11.3 Å². The number of aryl methyl sites for hydroxylation is 1. The normalized spacial score (nSPS) is 11.3. The van der Waals surface area contributed by atoms with Gasteiger partial charge in [0.25, 0.3) is 0 Å². The molecule has 8 nitrogen and oxygen atoms in total. The molecule has 0 unspecified atom stereocenters. The van der Waals surface area contributed by atoms with Crippen molar-refractivity contribution in [2.24, 2.45) is 0 Å². The molecule has 3 heterocycles. The van der Waals surface area contributed by atoms with Crippen molar-refractivity contribution < 1.29 is 4.74 Å². The number of aromatic nitrogens is 7. The Morgan fingerprint density at radius 1 is 0.897 bits per heavy atom. The van der Waals surface area contributed by atoms with Gasteiger partial charge in [-0.15, -0.1) is 15.3 Å². The quantitative estimate of drug-likeness (QED) is 0.455. The van der Waals surface area contributed by atoms with E-state index in [0.717, 1.165) is 27.7 Å². The summed E-state index contributed by atoms with van der Waals surface area (Å²) in [4.78, 5) is 0.704. The van der Waals surface area contributed by atoms with Crippen LogP contribution in [-0.2, 0) is 0 Å². The predicted octanol–water partition coefficient (Wildman–Crippen LogP) is 3.73. The van der Waals surface area contributed by atoms with E-state index >= 15 is 0 Å². The van der Waals surface area contributed by atoms with Crippen LogP contribution >= 0.6 is 11.3 Å². The van der Waals surface area contributed by atoms with E-state index in [1.807, 2.05) is 55.5 Å². The van der Waals surface area contributed by atoms with Crippen molar-refractivity contribution in [3.05, 3.63) is 59.8 Å². The maximum absolute atomic E-state index is 5.22. The van der Waals surface area contributed by atoms with Crippen LogP contribution in [0.3, 0.4) is 0 Å². The van der Waals surface area contributed by atoms with Crippen molar-refractivity contribution >= 4 is 16.3 Å². The van der Waals surface area contributed by atoms with Crippen LogP contribution < -0.4 is 4.74 Å². The summed E-state index contributed by atoms with van der Waals surface area (Å²) in [7, 11) is 1.65. The number of fused-ring (bicyclic) bond motifs is 1. The van der Waals surface area contributed by atoms with Gasteiger partial charge in [-0.05, 0) is 50.2 Å². The van der Waals surface area contributed by atoms with Crippen molar-refractivity contribution in [2.45, 2.75) is 13.8 Å². The minimum atomic E-state index is 0.576. The van der Waals surface area contributed by atoms with Gasteiger partial charge in [-0.1, -0.05) is 34.2 Å². The summed E-state index contributed by atoms with van der Waals surface area (Å²) >= 11 is 1.47. The Labute approximate surface area is 170 Å². The highest BCUT2D eigenvalue weighted by molar-refractivity contribution is 7.19. The first kappa shape index (κ1) is 17.5. The molecule has 2 aromatic carbocycles. The van der Waals surface area contributed by atoms with Crippen molar-refractivity contribution in [1.29, 1.82) is 0 Å². The van der Waals surface area contributed by atoms with Gasteiger partial charge < -0.3 is 4.74 Å².